The second-order valence-corrected chi connectivity index (χ2v) is 6.65. The minimum Gasteiger partial charge on any atom is -0.497 e. The Labute approximate surface area is 151 Å². The van der Waals surface area contributed by atoms with Crippen LogP contribution in [0.2, 0.25) is 0 Å². The molecule has 0 atom stereocenters. The Bertz CT molecular complexity index is 743. The molecule has 0 bridgehead atoms. The standard InChI is InChI=1S/C18H23N3O3S/c1-4-17-21-12(2)15(25-17)11-20-16(22)8-9-19-18(23)13-6-5-7-14(10-13)24-3/h5-7,10H,4,8-9,11H2,1-3H3,(H,19,23)(H,20,22). The van der Waals surface area contributed by atoms with E-state index in [2.05, 4.69) is 22.5 Å². The van der Waals surface area contributed by atoms with E-state index < -0.39 is 0 Å². The maximum absolute atomic E-state index is 12.0. The monoisotopic (exact) mass is 361 g/mol. The highest BCUT2D eigenvalue weighted by molar-refractivity contribution is 7.11. The Morgan fingerprint density at radius 1 is 1.28 bits per heavy atom. The fourth-order valence-corrected chi connectivity index (χ4v) is 3.18. The lowest BCUT2D eigenvalue weighted by molar-refractivity contribution is -0.121. The summed E-state index contributed by atoms with van der Waals surface area (Å²) in [5.41, 5.74) is 1.47. The quantitative estimate of drug-likeness (QED) is 0.757. The van der Waals surface area contributed by atoms with Crippen molar-refractivity contribution in [3.05, 3.63) is 45.4 Å². The summed E-state index contributed by atoms with van der Waals surface area (Å²) in [6.07, 6.45) is 1.13. The molecule has 2 aromatic rings. The van der Waals surface area contributed by atoms with E-state index in [1.54, 1.807) is 42.7 Å². The normalized spacial score (nSPS) is 10.4. The summed E-state index contributed by atoms with van der Waals surface area (Å²) in [4.78, 5) is 29.5. The van der Waals surface area contributed by atoms with E-state index in [0.717, 1.165) is 22.0 Å². The number of carbonyl (C=O) groups is 2. The molecule has 0 saturated carbocycles. The molecular formula is C18H23N3O3S. The van der Waals surface area contributed by atoms with Crippen LogP contribution in [0.1, 0.15) is 39.3 Å². The lowest BCUT2D eigenvalue weighted by atomic mass is 10.2. The first kappa shape index (κ1) is 18.9. The van der Waals surface area contributed by atoms with Crippen molar-refractivity contribution in [3.63, 3.8) is 0 Å². The maximum Gasteiger partial charge on any atom is 0.251 e. The number of thiazole rings is 1. The number of benzene rings is 1. The number of aryl methyl sites for hydroxylation is 2. The van der Waals surface area contributed by atoms with Gasteiger partial charge in [-0.3, -0.25) is 9.59 Å². The number of nitrogens with one attached hydrogen (secondary N) is 2. The number of ether oxygens (including phenoxy) is 1. The van der Waals surface area contributed by atoms with Crippen molar-refractivity contribution in [2.24, 2.45) is 0 Å². The third-order valence-electron chi connectivity index (χ3n) is 3.66. The van der Waals surface area contributed by atoms with Crippen molar-refractivity contribution in [1.29, 1.82) is 0 Å². The van der Waals surface area contributed by atoms with Crippen LogP contribution in [-0.4, -0.2) is 30.5 Å². The molecule has 0 spiro atoms. The molecule has 0 aliphatic heterocycles. The molecule has 6 nitrogen and oxygen atoms in total. The van der Waals surface area contributed by atoms with Gasteiger partial charge in [0.2, 0.25) is 5.91 Å². The Balaban J connectivity index is 1.74. The molecule has 0 aliphatic rings. The van der Waals surface area contributed by atoms with Crippen LogP contribution < -0.4 is 15.4 Å². The molecule has 0 radical (unpaired) electrons. The number of rotatable bonds is 8. The summed E-state index contributed by atoms with van der Waals surface area (Å²) in [7, 11) is 1.55. The lowest BCUT2D eigenvalue weighted by Crippen LogP contribution is -2.30. The van der Waals surface area contributed by atoms with E-state index in [-0.39, 0.29) is 24.8 Å². The molecule has 25 heavy (non-hydrogen) atoms. The Hall–Kier alpha value is -2.41. The molecule has 0 saturated heterocycles. The lowest BCUT2D eigenvalue weighted by Gasteiger charge is -2.07. The molecule has 0 fully saturated rings. The largest absolute Gasteiger partial charge is 0.497 e. The van der Waals surface area contributed by atoms with Crippen LogP contribution in [-0.2, 0) is 17.8 Å². The third kappa shape index (κ3) is 5.56. The molecule has 7 heteroatoms. The molecule has 2 amide bonds. The molecule has 1 heterocycles. The zero-order valence-corrected chi connectivity index (χ0v) is 15.5. The first-order valence-electron chi connectivity index (χ1n) is 8.17. The smallest absolute Gasteiger partial charge is 0.251 e. The van der Waals surface area contributed by atoms with Gasteiger partial charge in [0.25, 0.3) is 5.91 Å². The zero-order chi connectivity index (χ0) is 18.2. The highest BCUT2D eigenvalue weighted by Gasteiger charge is 2.10. The second-order valence-electron chi connectivity index (χ2n) is 5.48. The van der Waals surface area contributed by atoms with Gasteiger partial charge < -0.3 is 15.4 Å². The van der Waals surface area contributed by atoms with E-state index in [4.69, 9.17) is 4.74 Å². The number of amides is 2. The number of methoxy groups -OCH3 is 1. The van der Waals surface area contributed by atoms with Crippen LogP contribution in [0.25, 0.3) is 0 Å². The molecule has 0 unspecified atom stereocenters. The van der Waals surface area contributed by atoms with Crippen LogP contribution in [0.4, 0.5) is 0 Å². The van der Waals surface area contributed by atoms with Gasteiger partial charge in [0.1, 0.15) is 5.75 Å². The Kier molecular flexibility index (Phi) is 6.94. The molecule has 2 N–H and O–H groups in total. The second kappa shape index (κ2) is 9.17. The number of carbonyl (C=O) groups excluding carboxylic acids is 2. The highest BCUT2D eigenvalue weighted by atomic mass is 32.1. The maximum atomic E-state index is 12.0. The van der Waals surface area contributed by atoms with Crippen molar-refractivity contribution in [3.8, 4) is 5.75 Å². The average molecular weight is 361 g/mol. The van der Waals surface area contributed by atoms with Gasteiger partial charge in [0, 0.05) is 23.4 Å². The number of aromatic nitrogens is 1. The summed E-state index contributed by atoms with van der Waals surface area (Å²) in [6.45, 7) is 4.77. The Morgan fingerprint density at radius 2 is 2.08 bits per heavy atom. The minimum atomic E-state index is -0.224. The van der Waals surface area contributed by atoms with Gasteiger partial charge in [-0.15, -0.1) is 11.3 Å². The number of hydrogen-bond acceptors (Lipinski definition) is 5. The van der Waals surface area contributed by atoms with Crippen LogP contribution in [0.15, 0.2) is 24.3 Å². The van der Waals surface area contributed by atoms with Crippen molar-refractivity contribution < 1.29 is 14.3 Å². The fraction of sp³-hybridized carbons (Fsp3) is 0.389. The van der Waals surface area contributed by atoms with Crippen molar-refractivity contribution >= 4 is 23.2 Å². The first-order valence-corrected chi connectivity index (χ1v) is 8.99. The van der Waals surface area contributed by atoms with Crippen LogP contribution >= 0.6 is 11.3 Å². The summed E-state index contributed by atoms with van der Waals surface area (Å²) in [5, 5.41) is 6.68. The average Bonchev–Trinajstić information content (AvgIpc) is 3.00. The van der Waals surface area contributed by atoms with Crippen LogP contribution in [0.5, 0.6) is 5.75 Å². The fourth-order valence-electron chi connectivity index (χ4n) is 2.23. The van der Waals surface area contributed by atoms with E-state index in [1.807, 2.05) is 6.92 Å². The molecule has 2 rings (SSSR count). The Morgan fingerprint density at radius 3 is 2.76 bits per heavy atom. The van der Waals surface area contributed by atoms with Gasteiger partial charge in [-0.2, -0.15) is 0 Å². The third-order valence-corrected chi connectivity index (χ3v) is 4.96. The van der Waals surface area contributed by atoms with Crippen molar-refractivity contribution in [2.75, 3.05) is 13.7 Å². The molecule has 134 valence electrons. The van der Waals surface area contributed by atoms with Gasteiger partial charge in [-0.05, 0) is 31.5 Å². The van der Waals surface area contributed by atoms with Crippen molar-refractivity contribution in [1.82, 2.24) is 15.6 Å². The number of hydrogen-bond donors (Lipinski definition) is 2. The van der Waals surface area contributed by atoms with Gasteiger partial charge in [-0.1, -0.05) is 13.0 Å². The molecular weight excluding hydrogens is 338 g/mol. The summed E-state index contributed by atoms with van der Waals surface area (Å²) in [5.74, 6) is 0.297. The number of nitrogens with zero attached hydrogens (tertiary/aromatic N) is 1. The van der Waals surface area contributed by atoms with Crippen LogP contribution in [0.3, 0.4) is 0 Å². The van der Waals surface area contributed by atoms with E-state index in [1.165, 1.54) is 0 Å². The molecule has 0 aliphatic carbocycles. The topological polar surface area (TPSA) is 80.3 Å². The van der Waals surface area contributed by atoms with Gasteiger partial charge in [0.05, 0.1) is 24.4 Å². The first-order chi connectivity index (χ1) is 12.0. The van der Waals surface area contributed by atoms with E-state index in [0.29, 0.717) is 17.9 Å². The molecule has 1 aromatic heterocycles. The summed E-state index contributed by atoms with van der Waals surface area (Å²) < 4.78 is 5.09. The van der Waals surface area contributed by atoms with Gasteiger partial charge >= 0.3 is 0 Å². The summed E-state index contributed by atoms with van der Waals surface area (Å²) in [6, 6.07) is 6.89. The minimum absolute atomic E-state index is 0.100. The van der Waals surface area contributed by atoms with E-state index >= 15 is 0 Å². The van der Waals surface area contributed by atoms with Crippen molar-refractivity contribution in [2.45, 2.75) is 33.2 Å². The van der Waals surface area contributed by atoms with Crippen LogP contribution in [0, 0.1) is 6.92 Å². The SMILES string of the molecule is CCc1nc(C)c(CNC(=O)CCNC(=O)c2cccc(OC)c2)s1. The predicted molar refractivity (Wildman–Crippen MR) is 98.0 cm³/mol. The zero-order valence-electron chi connectivity index (χ0n) is 14.7. The highest BCUT2D eigenvalue weighted by Crippen LogP contribution is 2.18. The van der Waals surface area contributed by atoms with Gasteiger partial charge in [0.15, 0.2) is 0 Å². The molecule has 1 aromatic carbocycles. The summed E-state index contributed by atoms with van der Waals surface area (Å²) >= 11 is 1.62. The van der Waals surface area contributed by atoms with Gasteiger partial charge in [-0.25, -0.2) is 4.98 Å². The predicted octanol–water partition coefficient (Wildman–Crippen LogP) is 2.46. The van der Waals surface area contributed by atoms with E-state index in [9.17, 15) is 9.59 Å².